The number of carboxylic acids is 2. The number of hydrogen-bond donors (Lipinski definition) is 6. The lowest BCUT2D eigenvalue weighted by atomic mass is 9.93. The monoisotopic (exact) mass is 454 g/mol. The van der Waals surface area contributed by atoms with E-state index >= 15 is 0 Å². The number of hydrogen-bond acceptors (Lipinski definition) is 7. The standard InChI is InChI=1S/C22H26N6O5/c1-11(2-3-14-10-25-19-17(14)18(23)27-22(24)28-19)12-4-6-13(7-5-12)20(31)26-15(21(32)33)8-9-16(29)30/h4-7,10-11,15H,2-3,8-9H2,1H3,(H,26,31)(H,29,30)(H,32,33)(H5,23,24,25,27,28)/t11?,15-/m1/s1. The summed E-state index contributed by atoms with van der Waals surface area (Å²) in [6, 6.07) is 5.62. The van der Waals surface area contributed by atoms with Gasteiger partial charge in [-0.1, -0.05) is 19.1 Å². The van der Waals surface area contributed by atoms with Crippen LogP contribution in [0.5, 0.6) is 0 Å². The van der Waals surface area contributed by atoms with Crippen LogP contribution in [0.25, 0.3) is 11.0 Å². The van der Waals surface area contributed by atoms with Crippen molar-refractivity contribution in [1.82, 2.24) is 20.3 Å². The maximum Gasteiger partial charge on any atom is 0.326 e. The molecule has 0 saturated carbocycles. The molecule has 2 heterocycles. The number of aryl methyl sites for hydroxylation is 1. The highest BCUT2D eigenvalue weighted by Crippen LogP contribution is 2.27. The predicted octanol–water partition coefficient (Wildman–Crippen LogP) is 1.91. The molecule has 0 aliphatic carbocycles. The van der Waals surface area contributed by atoms with Gasteiger partial charge < -0.3 is 32.0 Å². The third kappa shape index (κ3) is 5.76. The molecule has 11 heteroatoms. The number of aromatic nitrogens is 3. The molecule has 0 spiro atoms. The summed E-state index contributed by atoms with van der Waals surface area (Å²) in [5.74, 6) is -2.35. The summed E-state index contributed by atoms with van der Waals surface area (Å²) in [6.45, 7) is 2.06. The maximum atomic E-state index is 12.4. The van der Waals surface area contributed by atoms with Crippen molar-refractivity contribution < 1.29 is 24.6 Å². The number of carboxylic acid groups (broad SMARTS) is 2. The van der Waals surface area contributed by atoms with E-state index in [1.807, 2.05) is 18.3 Å². The van der Waals surface area contributed by atoms with E-state index in [-0.39, 0.29) is 24.7 Å². The molecular formula is C22H26N6O5. The smallest absolute Gasteiger partial charge is 0.326 e. The topological polar surface area (TPSA) is 197 Å². The van der Waals surface area contributed by atoms with Gasteiger partial charge in [-0.2, -0.15) is 9.97 Å². The largest absolute Gasteiger partial charge is 0.481 e. The second-order valence-corrected chi connectivity index (χ2v) is 7.86. The molecule has 0 bridgehead atoms. The fraction of sp³-hybridized carbons (Fsp3) is 0.318. The van der Waals surface area contributed by atoms with Gasteiger partial charge in [-0.05, 0) is 48.4 Å². The van der Waals surface area contributed by atoms with Crippen LogP contribution in [-0.4, -0.2) is 49.1 Å². The van der Waals surface area contributed by atoms with Gasteiger partial charge in [0.2, 0.25) is 5.95 Å². The molecule has 2 atom stereocenters. The molecule has 0 saturated heterocycles. The summed E-state index contributed by atoms with van der Waals surface area (Å²) < 4.78 is 0. The van der Waals surface area contributed by atoms with Crippen molar-refractivity contribution in [2.75, 3.05) is 11.5 Å². The Hall–Kier alpha value is -4.15. The van der Waals surface area contributed by atoms with E-state index in [0.717, 1.165) is 29.4 Å². The molecule has 0 aliphatic heterocycles. The Kier molecular flexibility index (Phi) is 7.11. The van der Waals surface area contributed by atoms with Crippen LogP contribution in [-0.2, 0) is 16.0 Å². The first kappa shape index (κ1) is 23.5. The molecule has 0 radical (unpaired) electrons. The Morgan fingerprint density at radius 2 is 1.79 bits per heavy atom. The summed E-state index contributed by atoms with van der Waals surface area (Å²) in [5.41, 5.74) is 14.5. The molecule has 11 nitrogen and oxygen atoms in total. The van der Waals surface area contributed by atoms with E-state index in [9.17, 15) is 19.5 Å². The van der Waals surface area contributed by atoms with Crippen LogP contribution in [0.1, 0.15) is 53.6 Å². The minimum absolute atomic E-state index is 0.113. The van der Waals surface area contributed by atoms with Gasteiger partial charge in [0, 0.05) is 18.2 Å². The van der Waals surface area contributed by atoms with Crippen molar-refractivity contribution in [2.24, 2.45) is 0 Å². The van der Waals surface area contributed by atoms with Crippen LogP contribution in [0.2, 0.25) is 0 Å². The van der Waals surface area contributed by atoms with E-state index in [0.29, 0.717) is 17.0 Å². The van der Waals surface area contributed by atoms with E-state index in [4.69, 9.17) is 16.6 Å². The normalized spacial score (nSPS) is 12.9. The second-order valence-electron chi connectivity index (χ2n) is 7.86. The third-order valence-electron chi connectivity index (χ3n) is 5.50. The number of amides is 1. The van der Waals surface area contributed by atoms with Gasteiger partial charge >= 0.3 is 11.9 Å². The summed E-state index contributed by atoms with van der Waals surface area (Å²) in [6.07, 6.45) is 2.83. The van der Waals surface area contributed by atoms with Gasteiger partial charge in [0.15, 0.2) is 0 Å². The van der Waals surface area contributed by atoms with Crippen molar-refractivity contribution in [2.45, 2.75) is 44.6 Å². The number of aromatic amines is 1. The quantitative estimate of drug-likeness (QED) is 0.265. The Labute approximate surface area is 189 Å². The summed E-state index contributed by atoms with van der Waals surface area (Å²) in [7, 11) is 0. The van der Waals surface area contributed by atoms with Crippen LogP contribution in [0.15, 0.2) is 30.5 Å². The van der Waals surface area contributed by atoms with Crippen molar-refractivity contribution in [3.8, 4) is 0 Å². The molecule has 174 valence electrons. The number of carbonyl (C=O) groups is 3. The number of benzene rings is 1. The number of nitrogens with two attached hydrogens (primary N) is 2. The van der Waals surface area contributed by atoms with Gasteiger partial charge in [-0.3, -0.25) is 9.59 Å². The number of nitrogens with zero attached hydrogens (tertiary/aromatic N) is 2. The van der Waals surface area contributed by atoms with E-state index in [2.05, 4.69) is 27.2 Å². The lowest BCUT2D eigenvalue weighted by molar-refractivity contribution is -0.140. The molecule has 8 N–H and O–H groups in total. The zero-order chi connectivity index (χ0) is 24.1. The van der Waals surface area contributed by atoms with Gasteiger partial charge in [-0.25, -0.2) is 4.79 Å². The van der Waals surface area contributed by atoms with Crippen molar-refractivity contribution >= 4 is 40.6 Å². The summed E-state index contributed by atoms with van der Waals surface area (Å²) >= 11 is 0. The van der Waals surface area contributed by atoms with Gasteiger partial charge in [0.1, 0.15) is 17.5 Å². The highest BCUT2D eigenvalue weighted by Gasteiger charge is 2.22. The zero-order valence-corrected chi connectivity index (χ0v) is 18.0. The number of aliphatic carboxylic acids is 2. The summed E-state index contributed by atoms with van der Waals surface area (Å²) in [5, 5.41) is 21.1. The van der Waals surface area contributed by atoms with Crippen LogP contribution < -0.4 is 16.8 Å². The number of fused-ring (bicyclic) bond motifs is 1. The minimum atomic E-state index is -1.28. The first-order valence-corrected chi connectivity index (χ1v) is 10.4. The van der Waals surface area contributed by atoms with Crippen LogP contribution >= 0.6 is 0 Å². The molecule has 3 aromatic rings. The van der Waals surface area contributed by atoms with E-state index in [1.165, 1.54) is 0 Å². The van der Waals surface area contributed by atoms with Gasteiger partial charge in [-0.15, -0.1) is 0 Å². The number of H-pyrrole nitrogens is 1. The lowest BCUT2D eigenvalue weighted by Crippen LogP contribution is -2.41. The molecule has 1 amide bonds. The Morgan fingerprint density at radius 1 is 1.09 bits per heavy atom. The Morgan fingerprint density at radius 3 is 2.42 bits per heavy atom. The average Bonchev–Trinajstić information content (AvgIpc) is 3.17. The van der Waals surface area contributed by atoms with Crippen LogP contribution in [0.4, 0.5) is 11.8 Å². The Bertz CT molecular complexity index is 1170. The molecule has 2 aromatic heterocycles. The molecule has 1 unspecified atom stereocenters. The SMILES string of the molecule is CC(CCc1c[nH]c2nc(N)nc(N)c12)c1ccc(C(=O)N[C@H](CCC(=O)O)C(=O)O)cc1. The fourth-order valence-electron chi connectivity index (χ4n) is 3.61. The number of anilines is 2. The van der Waals surface area contributed by atoms with Gasteiger partial charge in [0.25, 0.3) is 5.91 Å². The molecule has 0 aliphatic rings. The Balaban J connectivity index is 1.62. The number of nitrogen functional groups attached to an aromatic ring is 2. The molecule has 0 fully saturated rings. The summed E-state index contributed by atoms with van der Waals surface area (Å²) in [4.78, 5) is 45.6. The van der Waals surface area contributed by atoms with Crippen molar-refractivity contribution in [3.05, 3.63) is 47.2 Å². The highest BCUT2D eigenvalue weighted by molar-refractivity contribution is 5.96. The van der Waals surface area contributed by atoms with E-state index < -0.39 is 23.9 Å². The lowest BCUT2D eigenvalue weighted by Gasteiger charge is -2.15. The molecule has 3 rings (SSSR count). The number of rotatable bonds is 10. The second kappa shape index (κ2) is 9.98. The number of nitrogens with one attached hydrogen (secondary N) is 2. The first-order chi connectivity index (χ1) is 15.7. The molecular weight excluding hydrogens is 428 g/mol. The fourth-order valence-corrected chi connectivity index (χ4v) is 3.61. The minimum Gasteiger partial charge on any atom is -0.481 e. The van der Waals surface area contributed by atoms with Crippen molar-refractivity contribution in [3.63, 3.8) is 0 Å². The molecule has 1 aromatic carbocycles. The highest BCUT2D eigenvalue weighted by atomic mass is 16.4. The molecule has 33 heavy (non-hydrogen) atoms. The van der Waals surface area contributed by atoms with E-state index in [1.54, 1.807) is 12.1 Å². The zero-order valence-electron chi connectivity index (χ0n) is 18.0. The van der Waals surface area contributed by atoms with Crippen LogP contribution in [0.3, 0.4) is 0 Å². The maximum absolute atomic E-state index is 12.4. The predicted molar refractivity (Wildman–Crippen MR) is 122 cm³/mol. The number of carbonyl (C=O) groups excluding carboxylic acids is 1. The van der Waals surface area contributed by atoms with Gasteiger partial charge in [0.05, 0.1) is 5.39 Å². The first-order valence-electron chi connectivity index (χ1n) is 10.4. The van der Waals surface area contributed by atoms with Crippen molar-refractivity contribution in [1.29, 1.82) is 0 Å². The third-order valence-corrected chi connectivity index (χ3v) is 5.50. The average molecular weight is 454 g/mol. The van der Waals surface area contributed by atoms with Crippen LogP contribution in [0, 0.1) is 0 Å².